The summed E-state index contributed by atoms with van der Waals surface area (Å²) >= 11 is 0. The van der Waals surface area contributed by atoms with Crippen LogP contribution in [0.2, 0.25) is 0 Å². The Morgan fingerprint density at radius 3 is 2.65 bits per heavy atom. The normalized spacial score (nSPS) is 19.8. The van der Waals surface area contributed by atoms with Crippen LogP contribution in [-0.4, -0.2) is 53.6 Å². The Bertz CT molecular complexity index is 743. The lowest BCUT2D eigenvalue weighted by molar-refractivity contribution is 0.193. The minimum absolute atomic E-state index is 0.0432. The Balaban J connectivity index is 1.29. The topological polar surface area (TPSA) is 61.4 Å². The lowest BCUT2D eigenvalue weighted by Gasteiger charge is -2.35. The van der Waals surface area contributed by atoms with Crippen LogP contribution in [-0.2, 0) is 6.42 Å². The number of carbonyl (C=O) groups is 1. The molecule has 4 rings (SSSR count). The van der Waals surface area contributed by atoms with Gasteiger partial charge in [-0.05, 0) is 36.5 Å². The van der Waals surface area contributed by atoms with Crippen LogP contribution < -0.4 is 10.2 Å². The van der Waals surface area contributed by atoms with Crippen LogP contribution in [0.4, 0.5) is 10.7 Å². The van der Waals surface area contributed by atoms with E-state index in [2.05, 4.69) is 44.5 Å². The van der Waals surface area contributed by atoms with E-state index >= 15 is 0 Å². The number of piperazine rings is 1. The summed E-state index contributed by atoms with van der Waals surface area (Å²) in [6.07, 6.45) is 7.01. The van der Waals surface area contributed by atoms with Crippen molar-refractivity contribution in [3.05, 3.63) is 53.9 Å². The number of benzene rings is 1. The van der Waals surface area contributed by atoms with E-state index in [0.717, 1.165) is 38.4 Å². The van der Waals surface area contributed by atoms with Gasteiger partial charge in [0, 0.05) is 51.0 Å². The second-order valence-electron chi connectivity index (χ2n) is 7.00. The molecule has 0 saturated carbocycles. The molecule has 2 aliphatic rings. The maximum Gasteiger partial charge on any atom is 0.317 e. The van der Waals surface area contributed by atoms with Gasteiger partial charge in [0.15, 0.2) is 0 Å². The van der Waals surface area contributed by atoms with E-state index in [1.54, 1.807) is 12.4 Å². The van der Waals surface area contributed by atoms with Gasteiger partial charge in [-0.25, -0.2) is 14.8 Å². The quantitative estimate of drug-likeness (QED) is 0.923. The zero-order chi connectivity index (χ0) is 17.8. The number of aryl methyl sites for hydroxylation is 1. The van der Waals surface area contributed by atoms with Crippen molar-refractivity contribution in [3.63, 3.8) is 0 Å². The summed E-state index contributed by atoms with van der Waals surface area (Å²) in [5.74, 6) is 1.18. The van der Waals surface area contributed by atoms with Gasteiger partial charge >= 0.3 is 6.03 Å². The molecule has 1 fully saturated rings. The van der Waals surface area contributed by atoms with Crippen molar-refractivity contribution in [2.45, 2.75) is 25.2 Å². The predicted octanol–water partition coefficient (Wildman–Crippen LogP) is 2.43. The number of rotatable bonds is 3. The summed E-state index contributed by atoms with van der Waals surface area (Å²) in [5, 5.41) is 3.15. The van der Waals surface area contributed by atoms with Gasteiger partial charge in [-0.1, -0.05) is 24.3 Å². The number of carbonyl (C=O) groups excluding carboxylic acids is 1. The molecule has 6 nitrogen and oxygen atoms in total. The van der Waals surface area contributed by atoms with Crippen LogP contribution in [0.3, 0.4) is 0 Å². The maximum atomic E-state index is 12.6. The Kier molecular flexibility index (Phi) is 5.00. The van der Waals surface area contributed by atoms with Gasteiger partial charge in [0.25, 0.3) is 0 Å². The van der Waals surface area contributed by atoms with Crippen LogP contribution in [0.15, 0.2) is 42.7 Å². The number of hydrogen-bond donors (Lipinski definition) is 1. The Morgan fingerprint density at radius 2 is 1.85 bits per heavy atom. The van der Waals surface area contributed by atoms with E-state index in [1.807, 2.05) is 11.0 Å². The molecule has 1 atom stereocenters. The third kappa shape index (κ3) is 3.64. The SMILES string of the molecule is O=C(NCC1CCCc2ccccc21)N1CCN(c2ncccn2)CC1. The molecule has 1 unspecified atom stereocenters. The average Bonchev–Trinajstić information content (AvgIpc) is 2.73. The molecule has 26 heavy (non-hydrogen) atoms. The molecule has 1 aromatic carbocycles. The van der Waals surface area contributed by atoms with Crippen LogP contribution >= 0.6 is 0 Å². The standard InChI is InChI=1S/C20H25N5O/c26-20(23-15-17-7-3-6-16-5-1-2-8-18(16)17)25-13-11-24(12-14-25)19-21-9-4-10-22-19/h1-2,4-5,8-10,17H,3,6-7,11-15H2,(H,23,26). The molecule has 0 spiro atoms. The van der Waals surface area contributed by atoms with E-state index in [0.29, 0.717) is 19.0 Å². The van der Waals surface area contributed by atoms with Crippen LogP contribution in [0, 0.1) is 0 Å². The number of nitrogens with zero attached hydrogens (tertiary/aromatic N) is 4. The molecule has 0 radical (unpaired) electrons. The van der Waals surface area contributed by atoms with E-state index in [4.69, 9.17) is 0 Å². The average molecular weight is 351 g/mol. The summed E-state index contributed by atoms with van der Waals surface area (Å²) in [6, 6.07) is 10.5. The third-order valence-electron chi connectivity index (χ3n) is 5.40. The molecule has 1 saturated heterocycles. The summed E-state index contributed by atoms with van der Waals surface area (Å²) in [5.41, 5.74) is 2.85. The van der Waals surface area contributed by atoms with Crippen molar-refractivity contribution >= 4 is 12.0 Å². The lowest BCUT2D eigenvalue weighted by atomic mass is 9.83. The molecule has 1 aliphatic carbocycles. The fourth-order valence-corrected chi connectivity index (χ4v) is 3.95. The summed E-state index contributed by atoms with van der Waals surface area (Å²) in [4.78, 5) is 25.2. The van der Waals surface area contributed by atoms with Crippen LogP contribution in [0.5, 0.6) is 0 Å². The molecule has 136 valence electrons. The number of urea groups is 1. The molecule has 6 heteroatoms. The summed E-state index contributed by atoms with van der Waals surface area (Å²) in [7, 11) is 0. The second-order valence-corrected chi connectivity index (χ2v) is 7.00. The zero-order valence-electron chi connectivity index (χ0n) is 15.0. The van der Waals surface area contributed by atoms with E-state index in [9.17, 15) is 4.79 Å². The van der Waals surface area contributed by atoms with Crippen molar-refractivity contribution in [1.82, 2.24) is 20.2 Å². The minimum Gasteiger partial charge on any atom is -0.337 e. The molecule has 0 bridgehead atoms. The minimum atomic E-state index is 0.0432. The highest BCUT2D eigenvalue weighted by Gasteiger charge is 2.24. The number of fused-ring (bicyclic) bond motifs is 1. The Morgan fingerprint density at radius 1 is 1.08 bits per heavy atom. The van der Waals surface area contributed by atoms with Gasteiger partial charge in [-0.15, -0.1) is 0 Å². The first-order chi connectivity index (χ1) is 12.8. The van der Waals surface area contributed by atoms with E-state index in [1.165, 1.54) is 17.5 Å². The molecule has 1 aromatic heterocycles. The Labute approximate surface area is 154 Å². The molecule has 2 amide bonds. The highest BCUT2D eigenvalue weighted by molar-refractivity contribution is 5.74. The van der Waals surface area contributed by atoms with Gasteiger partial charge in [0.2, 0.25) is 5.95 Å². The maximum absolute atomic E-state index is 12.6. The Hall–Kier alpha value is -2.63. The van der Waals surface area contributed by atoms with Gasteiger partial charge < -0.3 is 15.1 Å². The number of amides is 2. The molecular formula is C20H25N5O. The van der Waals surface area contributed by atoms with Gasteiger partial charge in [0.1, 0.15) is 0 Å². The lowest BCUT2D eigenvalue weighted by Crippen LogP contribution is -2.52. The molecular weight excluding hydrogens is 326 g/mol. The van der Waals surface area contributed by atoms with Crippen molar-refractivity contribution in [3.8, 4) is 0 Å². The van der Waals surface area contributed by atoms with Crippen LogP contribution in [0.1, 0.15) is 29.9 Å². The molecule has 1 N–H and O–H groups in total. The van der Waals surface area contributed by atoms with Gasteiger partial charge in [-0.3, -0.25) is 0 Å². The molecule has 2 aromatic rings. The highest BCUT2D eigenvalue weighted by Crippen LogP contribution is 2.30. The van der Waals surface area contributed by atoms with E-state index in [-0.39, 0.29) is 6.03 Å². The van der Waals surface area contributed by atoms with Crippen molar-refractivity contribution in [2.24, 2.45) is 0 Å². The second kappa shape index (κ2) is 7.72. The van der Waals surface area contributed by atoms with Crippen molar-refractivity contribution in [2.75, 3.05) is 37.6 Å². The zero-order valence-corrected chi connectivity index (χ0v) is 15.0. The van der Waals surface area contributed by atoms with Gasteiger partial charge in [-0.2, -0.15) is 0 Å². The summed E-state index contributed by atoms with van der Waals surface area (Å²) < 4.78 is 0. The summed E-state index contributed by atoms with van der Waals surface area (Å²) in [6.45, 7) is 3.65. The molecule has 2 heterocycles. The molecule has 1 aliphatic heterocycles. The fraction of sp³-hybridized carbons (Fsp3) is 0.450. The predicted molar refractivity (Wildman–Crippen MR) is 101 cm³/mol. The number of aromatic nitrogens is 2. The number of anilines is 1. The van der Waals surface area contributed by atoms with Crippen LogP contribution in [0.25, 0.3) is 0 Å². The first-order valence-electron chi connectivity index (χ1n) is 9.44. The number of nitrogens with one attached hydrogen (secondary N) is 1. The fourth-order valence-electron chi connectivity index (χ4n) is 3.95. The number of hydrogen-bond acceptors (Lipinski definition) is 4. The smallest absolute Gasteiger partial charge is 0.317 e. The first-order valence-corrected chi connectivity index (χ1v) is 9.44. The van der Waals surface area contributed by atoms with E-state index < -0.39 is 0 Å². The first kappa shape index (κ1) is 16.8. The van der Waals surface area contributed by atoms with Gasteiger partial charge in [0.05, 0.1) is 0 Å². The largest absolute Gasteiger partial charge is 0.337 e. The highest BCUT2D eigenvalue weighted by atomic mass is 16.2. The third-order valence-corrected chi connectivity index (χ3v) is 5.40. The monoisotopic (exact) mass is 351 g/mol. The van der Waals surface area contributed by atoms with Crippen molar-refractivity contribution in [1.29, 1.82) is 0 Å². The van der Waals surface area contributed by atoms with Crippen molar-refractivity contribution < 1.29 is 4.79 Å².